The number of rotatable bonds is 4. The molecule has 2 aromatic heterocycles. The molecule has 0 spiro atoms. The van der Waals surface area contributed by atoms with Gasteiger partial charge in [0.2, 0.25) is 0 Å². The van der Waals surface area contributed by atoms with Crippen LogP contribution < -0.4 is 5.32 Å². The molecule has 0 radical (unpaired) electrons. The highest BCUT2D eigenvalue weighted by molar-refractivity contribution is 7.13. The number of thiazole rings is 1. The molecule has 1 N–H and O–H groups in total. The molecule has 0 aromatic carbocycles. The van der Waals surface area contributed by atoms with Gasteiger partial charge in [-0.3, -0.25) is 4.98 Å². The molecule has 1 aliphatic rings. The second-order valence-corrected chi connectivity index (χ2v) is 4.89. The van der Waals surface area contributed by atoms with Crippen LogP contribution >= 0.6 is 11.3 Å². The molecule has 4 heteroatoms. The predicted octanol–water partition coefficient (Wildman–Crippen LogP) is 2.46. The summed E-state index contributed by atoms with van der Waals surface area (Å²) in [5, 5.41) is 6.68. The maximum atomic E-state index is 4.61. The molecule has 1 saturated carbocycles. The first-order chi connectivity index (χ1) is 7.92. The molecule has 0 amide bonds. The van der Waals surface area contributed by atoms with Crippen LogP contribution in [-0.4, -0.2) is 16.0 Å². The van der Waals surface area contributed by atoms with Crippen molar-refractivity contribution in [1.82, 2.24) is 15.3 Å². The summed E-state index contributed by atoms with van der Waals surface area (Å²) in [5.41, 5.74) is 2.29. The highest BCUT2D eigenvalue weighted by atomic mass is 32.1. The lowest BCUT2D eigenvalue weighted by atomic mass is 10.3. The van der Waals surface area contributed by atoms with Crippen molar-refractivity contribution in [3.63, 3.8) is 0 Å². The maximum absolute atomic E-state index is 4.61. The standard InChI is InChI=1S/C12H13N3S/c1-2-10(1)14-7-11-8-16-12(15-11)9-3-5-13-6-4-9/h3-6,8,10,14H,1-2,7H2. The highest BCUT2D eigenvalue weighted by Crippen LogP contribution is 2.24. The van der Waals surface area contributed by atoms with Gasteiger partial charge in [-0.1, -0.05) is 0 Å². The van der Waals surface area contributed by atoms with Crippen molar-refractivity contribution in [2.45, 2.75) is 25.4 Å². The molecule has 0 saturated heterocycles. The third-order valence-corrected chi connectivity index (χ3v) is 3.57. The van der Waals surface area contributed by atoms with E-state index >= 15 is 0 Å². The Kier molecular flexibility index (Phi) is 2.68. The van der Waals surface area contributed by atoms with E-state index in [1.165, 1.54) is 12.8 Å². The third-order valence-electron chi connectivity index (χ3n) is 2.63. The van der Waals surface area contributed by atoms with Gasteiger partial charge in [-0.2, -0.15) is 0 Å². The molecular weight excluding hydrogens is 218 g/mol. The monoisotopic (exact) mass is 231 g/mol. The minimum absolute atomic E-state index is 0.742. The van der Waals surface area contributed by atoms with Gasteiger partial charge < -0.3 is 5.32 Å². The first-order valence-corrected chi connectivity index (χ1v) is 6.38. The van der Waals surface area contributed by atoms with E-state index in [9.17, 15) is 0 Å². The Morgan fingerprint density at radius 3 is 2.88 bits per heavy atom. The van der Waals surface area contributed by atoms with Gasteiger partial charge in [-0.15, -0.1) is 11.3 Å². The van der Waals surface area contributed by atoms with Gasteiger partial charge in [0.15, 0.2) is 0 Å². The molecule has 2 aromatic rings. The van der Waals surface area contributed by atoms with Crippen molar-refractivity contribution in [2.24, 2.45) is 0 Å². The fraction of sp³-hybridized carbons (Fsp3) is 0.333. The van der Waals surface area contributed by atoms with Gasteiger partial charge >= 0.3 is 0 Å². The van der Waals surface area contributed by atoms with Crippen LogP contribution in [0.4, 0.5) is 0 Å². The van der Waals surface area contributed by atoms with E-state index < -0.39 is 0 Å². The summed E-state index contributed by atoms with van der Waals surface area (Å²) in [6.07, 6.45) is 6.25. The van der Waals surface area contributed by atoms with E-state index in [-0.39, 0.29) is 0 Å². The quantitative estimate of drug-likeness (QED) is 0.878. The van der Waals surface area contributed by atoms with Gasteiger partial charge in [0.1, 0.15) is 5.01 Å². The van der Waals surface area contributed by atoms with E-state index in [1.807, 2.05) is 12.1 Å². The zero-order valence-electron chi connectivity index (χ0n) is 8.89. The summed E-state index contributed by atoms with van der Waals surface area (Å²) in [5.74, 6) is 0. The Hall–Kier alpha value is -1.26. The van der Waals surface area contributed by atoms with Crippen LogP contribution in [-0.2, 0) is 6.54 Å². The van der Waals surface area contributed by atoms with Crippen molar-refractivity contribution < 1.29 is 0 Å². The second-order valence-electron chi connectivity index (χ2n) is 4.04. The van der Waals surface area contributed by atoms with E-state index in [2.05, 4.69) is 20.7 Å². The molecule has 0 atom stereocenters. The van der Waals surface area contributed by atoms with Crippen LogP contribution in [0.15, 0.2) is 29.9 Å². The molecular formula is C12H13N3S. The number of pyridine rings is 1. The third kappa shape index (κ3) is 2.28. The summed E-state index contributed by atoms with van der Waals surface area (Å²) < 4.78 is 0. The Labute approximate surface area is 98.6 Å². The summed E-state index contributed by atoms with van der Waals surface area (Å²) >= 11 is 1.70. The largest absolute Gasteiger partial charge is 0.308 e. The summed E-state index contributed by atoms with van der Waals surface area (Å²) in [4.78, 5) is 8.62. The van der Waals surface area contributed by atoms with Gasteiger partial charge in [-0.05, 0) is 25.0 Å². The van der Waals surface area contributed by atoms with Crippen molar-refractivity contribution in [1.29, 1.82) is 0 Å². The number of aromatic nitrogens is 2. The topological polar surface area (TPSA) is 37.8 Å². The molecule has 2 heterocycles. The Morgan fingerprint density at radius 1 is 1.31 bits per heavy atom. The van der Waals surface area contributed by atoms with Crippen molar-refractivity contribution in [3.05, 3.63) is 35.6 Å². The van der Waals surface area contributed by atoms with Crippen LogP contribution in [0.3, 0.4) is 0 Å². The molecule has 1 aliphatic carbocycles. The average Bonchev–Trinajstić information content (AvgIpc) is 3.05. The fourth-order valence-electron chi connectivity index (χ4n) is 1.55. The Bertz CT molecular complexity index is 462. The normalized spacial score (nSPS) is 15.2. The van der Waals surface area contributed by atoms with E-state index in [0.29, 0.717) is 0 Å². The Balaban J connectivity index is 1.71. The molecule has 16 heavy (non-hydrogen) atoms. The molecule has 0 unspecified atom stereocenters. The van der Waals surface area contributed by atoms with Crippen LogP contribution in [0.25, 0.3) is 10.6 Å². The molecule has 82 valence electrons. The van der Waals surface area contributed by atoms with Gasteiger partial charge in [-0.25, -0.2) is 4.98 Å². The van der Waals surface area contributed by atoms with Gasteiger partial charge in [0, 0.05) is 35.9 Å². The van der Waals surface area contributed by atoms with Crippen LogP contribution in [0, 0.1) is 0 Å². The maximum Gasteiger partial charge on any atom is 0.123 e. The number of nitrogens with one attached hydrogen (secondary N) is 1. The SMILES string of the molecule is c1cc(-c2nc(CNC3CC3)cs2)ccn1. The smallest absolute Gasteiger partial charge is 0.123 e. The second kappa shape index (κ2) is 4.31. The number of hydrogen-bond donors (Lipinski definition) is 1. The molecule has 3 rings (SSSR count). The zero-order chi connectivity index (χ0) is 10.8. The summed E-state index contributed by atoms with van der Waals surface area (Å²) in [7, 11) is 0. The first-order valence-electron chi connectivity index (χ1n) is 5.50. The van der Waals surface area contributed by atoms with Gasteiger partial charge in [0.25, 0.3) is 0 Å². The molecule has 3 nitrogen and oxygen atoms in total. The average molecular weight is 231 g/mol. The summed E-state index contributed by atoms with van der Waals surface area (Å²) in [6.45, 7) is 0.895. The van der Waals surface area contributed by atoms with E-state index in [0.717, 1.165) is 28.9 Å². The molecule has 1 fully saturated rings. The van der Waals surface area contributed by atoms with E-state index in [1.54, 1.807) is 23.7 Å². The summed E-state index contributed by atoms with van der Waals surface area (Å²) in [6, 6.07) is 4.74. The predicted molar refractivity (Wildman–Crippen MR) is 65.2 cm³/mol. The first kappa shape index (κ1) is 9.93. The highest BCUT2D eigenvalue weighted by Gasteiger charge is 2.20. The zero-order valence-corrected chi connectivity index (χ0v) is 9.70. The van der Waals surface area contributed by atoms with Crippen LogP contribution in [0.2, 0.25) is 0 Å². The Morgan fingerprint density at radius 2 is 2.12 bits per heavy atom. The number of hydrogen-bond acceptors (Lipinski definition) is 4. The van der Waals surface area contributed by atoms with E-state index in [4.69, 9.17) is 0 Å². The number of nitrogens with zero attached hydrogens (tertiary/aromatic N) is 2. The lowest BCUT2D eigenvalue weighted by Crippen LogP contribution is -2.15. The van der Waals surface area contributed by atoms with Crippen molar-refractivity contribution in [3.8, 4) is 10.6 Å². The minimum Gasteiger partial charge on any atom is -0.308 e. The van der Waals surface area contributed by atoms with Crippen LogP contribution in [0.5, 0.6) is 0 Å². The lowest BCUT2D eigenvalue weighted by Gasteiger charge is -1.97. The fourth-order valence-corrected chi connectivity index (χ4v) is 2.38. The van der Waals surface area contributed by atoms with Crippen molar-refractivity contribution >= 4 is 11.3 Å². The minimum atomic E-state index is 0.742. The van der Waals surface area contributed by atoms with Crippen molar-refractivity contribution in [2.75, 3.05) is 0 Å². The lowest BCUT2D eigenvalue weighted by molar-refractivity contribution is 0.678. The molecule has 0 aliphatic heterocycles. The van der Waals surface area contributed by atoms with Crippen LogP contribution in [0.1, 0.15) is 18.5 Å². The molecule has 0 bridgehead atoms. The van der Waals surface area contributed by atoms with Gasteiger partial charge in [0.05, 0.1) is 5.69 Å².